The number of hydrogen-bond donors (Lipinski definition) is 0. The highest BCUT2D eigenvalue weighted by molar-refractivity contribution is 5.99. The average molecular weight is 312 g/mol. The minimum atomic E-state index is 0.148. The van der Waals surface area contributed by atoms with Crippen molar-refractivity contribution < 1.29 is 9.59 Å². The molecule has 2 atom stereocenters. The van der Waals surface area contributed by atoms with Gasteiger partial charge in [0.1, 0.15) is 0 Å². The number of anilines is 1. The summed E-state index contributed by atoms with van der Waals surface area (Å²) in [5, 5.41) is 0. The van der Waals surface area contributed by atoms with Crippen molar-refractivity contribution in [2.75, 3.05) is 18.0 Å². The summed E-state index contributed by atoms with van der Waals surface area (Å²) >= 11 is 0. The summed E-state index contributed by atoms with van der Waals surface area (Å²) in [6.45, 7) is 1.65. The Morgan fingerprint density at radius 1 is 1.04 bits per heavy atom. The molecule has 2 heterocycles. The SMILES string of the molecule is O=C1CCCN1c1cccc(C(=O)N2CCCC3CCCC32)c1. The van der Waals surface area contributed by atoms with Crippen LogP contribution in [0.1, 0.15) is 55.3 Å². The van der Waals surface area contributed by atoms with Crippen LogP contribution in [-0.2, 0) is 4.79 Å². The Balaban J connectivity index is 1.57. The van der Waals surface area contributed by atoms with Crippen LogP contribution < -0.4 is 4.90 Å². The van der Waals surface area contributed by atoms with E-state index in [1.807, 2.05) is 29.2 Å². The number of hydrogen-bond acceptors (Lipinski definition) is 2. The zero-order chi connectivity index (χ0) is 15.8. The predicted octanol–water partition coefficient (Wildman–Crippen LogP) is 3.22. The van der Waals surface area contributed by atoms with Gasteiger partial charge in [-0.25, -0.2) is 0 Å². The summed E-state index contributed by atoms with van der Waals surface area (Å²) in [5.41, 5.74) is 1.60. The number of amides is 2. The largest absolute Gasteiger partial charge is 0.335 e. The molecule has 122 valence electrons. The Labute approximate surface area is 137 Å². The number of fused-ring (bicyclic) bond motifs is 1. The zero-order valence-electron chi connectivity index (χ0n) is 13.5. The van der Waals surface area contributed by atoms with Gasteiger partial charge in [0.15, 0.2) is 0 Å². The van der Waals surface area contributed by atoms with Crippen LogP contribution in [0.25, 0.3) is 0 Å². The van der Waals surface area contributed by atoms with Gasteiger partial charge in [-0.05, 0) is 56.2 Å². The third-order valence-corrected chi connectivity index (χ3v) is 5.73. The van der Waals surface area contributed by atoms with E-state index in [1.165, 1.54) is 19.3 Å². The second kappa shape index (κ2) is 5.99. The number of carbonyl (C=O) groups is 2. The summed E-state index contributed by atoms with van der Waals surface area (Å²) in [4.78, 5) is 28.9. The molecule has 1 aromatic rings. The minimum Gasteiger partial charge on any atom is -0.335 e. The highest BCUT2D eigenvalue weighted by Gasteiger charge is 2.37. The van der Waals surface area contributed by atoms with E-state index in [-0.39, 0.29) is 11.8 Å². The molecule has 4 nitrogen and oxygen atoms in total. The highest BCUT2D eigenvalue weighted by atomic mass is 16.2. The third-order valence-electron chi connectivity index (χ3n) is 5.73. The molecule has 3 fully saturated rings. The van der Waals surface area contributed by atoms with Crippen molar-refractivity contribution in [1.29, 1.82) is 0 Å². The molecule has 2 unspecified atom stereocenters. The van der Waals surface area contributed by atoms with Crippen LogP contribution in [0.5, 0.6) is 0 Å². The summed E-state index contributed by atoms with van der Waals surface area (Å²) in [6, 6.07) is 8.08. The molecule has 3 aliphatic rings. The van der Waals surface area contributed by atoms with Crippen molar-refractivity contribution in [3.05, 3.63) is 29.8 Å². The number of nitrogens with zero attached hydrogens (tertiary/aromatic N) is 2. The first kappa shape index (κ1) is 14.7. The first-order chi connectivity index (χ1) is 11.2. The van der Waals surface area contributed by atoms with Crippen LogP contribution in [0, 0.1) is 5.92 Å². The Morgan fingerprint density at radius 2 is 1.91 bits per heavy atom. The molecule has 4 rings (SSSR count). The average Bonchev–Trinajstić information content (AvgIpc) is 3.22. The summed E-state index contributed by atoms with van der Waals surface area (Å²) in [7, 11) is 0. The normalized spacial score (nSPS) is 27.4. The van der Waals surface area contributed by atoms with Crippen LogP contribution >= 0.6 is 0 Å². The predicted molar refractivity (Wildman–Crippen MR) is 89.4 cm³/mol. The summed E-state index contributed by atoms with van der Waals surface area (Å²) in [5.74, 6) is 1.02. The van der Waals surface area contributed by atoms with Gasteiger partial charge < -0.3 is 9.80 Å². The maximum atomic E-state index is 13.0. The maximum absolute atomic E-state index is 13.0. The lowest BCUT2D eigenvalue weighted by Gasteiger charge is -2.38. The second-order valence-corrected chi connectivity index (χ2v) is 7.10. The second-order valence-electron chi connectivity index (χ2n) is 7.10. The van der Waals surface area contributed by atoms with Crippen molar-refractivity contribution in [2.24, 2.45) is 5.92 Å². The Bertz CT molecular complexity index is 628. The summed E-state index contributed by atoms with van der Waals surface area (Å²) in [6.07, 6.45) is 7.60. The quantitative estimate of drug-likeness (QED) is 0.841. The fourth-order valence-corrected chi connectivity index (χ4v) is 4.60. The van der Waals surface area contributed by atoms with Gasteiger partial charge in [0.05, 0.1) is 0 Å². The van der Waals surface area contributed by atoms with E-state index in [0.29, 0.717) is 18.4 Å². The Morgan fingerprint density at radius 3 is 2.74 bits per heavy atom. The lowest BCUT2D eigenvalue weighted by Crippen LogP contribution is -2.46. The molecule has 0 N–H and O–H groups in total. The molecule has 2 aliphatic heterocycles. The monoisotopic (exact) mass is 312 g/mol. The topological polar surface area (TPSA) is 40.6 Å². The number of piperidine rings is 1. The molecule has 2 saturated heterocycles. The van der Waals surface area contributed by atoms with Crippen molar-refractivity contribution in [1.82, 2.24) is 4.90 Å². The molecular formula is C19H24N2O2. The van der Waals surface area contributed by atoms with Gasteiger partial charge in [0.2, 0.25) is 5.91 Å². The van der Waals surface area contributed by atoms with Gasteiger partial charge in [-0.3, -0.25) is 9.59 Å². The molecule has 0 radical (unpaired) electrons. The molecular weight excluding hydrogens is 288 g/mol. The fraction of sp³-hybridized carbons (Fsp3) is 0.579. The Kier molecular flexibility index (Phi) is 3.83. The third kappa shape index (κ3) is 2.64. The van der Waals surface area contributed by atoms with Gasteiger partial charge in [-0.1, -0.05) is 12.5 Å². The molecule has 2 amide bonds. The van der Waals surface area contributed by atoms with Gasteiger partial charge in [-0.15, -0.1) is 0 Å². The molecule has 1 aromatic carbocycles. The molecule has 4 heteroatoms. The van der Waals surface area contributed by atoms with Crippen LogP contribution in [0.2, 0.25) is 0 Å². The van der Waals surface area contributed by atoms with Crippen molar-refractivity contribution in [2.45, 2.75) is 51.0 Å². The first-order valence-corrected chi connectivity index (χ1v) is 8.95. The molecule has 0 aromatic heterocycles. The van der Waals surface area contributed by atoms with E-state index < -0.39 is 0 Å². The standard InChI is InChI=1S/C19H24N2O2/c22-18-10-4-11-20(18)16-8-1-6-15(13-16)19(23)21-12-3-7-14-5-2-9-17(14)21/h1,6,8,13-14,17H,2-5,7,9-12H2. The van der Waals surface area contributed by atoms with Gasteiger partial charge in [0.25, 0.3) is 5.91 Å². The molecule has 23 heavy (non-hydrogen) atoms. The van der Waals surface area contributed by atoms with Crippen LogP contribution in [-0.4, -0.2) is 35.8 Å². The van der Waals surface area contributed by atoms with Gasteiger partial charge >= 0.3 is 0 Å². The molecule has 0 bridgehead atoms. The molecule has 1 aliphatic carbocycles. The zero-order valence-corrected chi connectivity index (χ0v) is 13.5. The summed E-state index contributed by atoms with van der Waals surface area (Å²) < 4.78 is 0. The smallest absolute Gasteiger partial charge is 0.254 e. The van der Waals surface area contributed by atoms with E-state index in [2.05, 4.69) is 4.90 Å². The molecule has 0 spiro atoms. The lowest BCUT2D eigenvalue weighted by atomic mass is 9.91. The van der Waals surface area contributed by atoms with E-state index in [9.17, 15) is 9.59 Å². The Hall–Kier alpha value is -1.84. The van der Waals surface area contributed by atoms with E-state index in [1.54, 1.807) is 0 Å². The fourth-order valence-electron chi connectivity index (χ4n) is 4.60. The molecule has 1 saturated carbocycles. The van der Waals surface area contributed by atoms with E-state index in [0.717, 1.165) is 43.6 Å². The van der Waals surface area contributed by atoms with Gasteiger partial charge in [-0.2, -0.15) is 0 Å². The van der Waals surface area contributed by atoms with Gasteiger partial charge in [0, 0.05) is 36.8 Å². The van der Waals surface area contributed by atoms with Crippen molar-refractivity contribution in [3.63, 3.8) is 0 Å². The van der Waals surface area contributed by atoms with Crippen molar-refractivity contribution >= 4 is 17.5 Å². The van der Waals surface area contributed by atoms with E-state index in [4.69, 9.17) is 0 Å². The number of rotatable bonds is 2. The number of carbonyl (C=O) groups excluding carboxylic acids is 2. The maximum Gasteiger partial charge on any atom is 0.254 e. The van der Waals surface area contributed by atoms with Crippen LogP contribution in [0.3, 0.4) is 0 Å². The lowest BCUT2D eigenvalue weighted by molar-refractivity contribution is -0.117. The van der Waals surface area contributed by atoms with Crippen LogP contribution in [0.15, 0.2) is 24.3 Å². The van der Waals surface area contributed by atoms with Crippen molar-refractivity contribution in [3.8, 4) is 0 Å². The van der Waals surface area contributed by atoms with Crippen LogP contribution in [0.4, 0.5) is 5.69 Å². The highest BCUT2D eigenvalue weighted by Crippen LogP contribution is 2.37. The number of likely N-dealkylation sites (tertiary alicyclic amines) is 1. The van der Waals surface area contributed by atoms with E-state index >= 15 is 0 Å². The number of benzene rings is 1. The first-order valence-electron chi connectivity index (χ1n) is 8.95. The minimum absolute atomic E-state index is 0.148.